The second-order valence-corrected chi connectivity index (χ2v) is 9.58. The van der Waals surface area contributed by atoms with Gasteiger partial charge in [-0.1, -0.05) is 38.1 Å². The Kier molecular flexibility index (Phi) is 6.07. The highest BCUT2D eigenvalue weighted by molar-refractivity contribution is 5.77. The average molecular weight is 385 g/mol. The molecule has 0 radical (unpaired) electrons. The molecule has 1 aromatic rings. The maximum absolute atomic E-state index is 12.4. The van der Waals surface area contributed by atoms with Crippen LogP contribution in [0.2, 0.25) is 0 Å². The van der Waals surface area contributed by atoms with Crippen LogP contribution in [0.15, 0.2) is 24.3 Å². The van der Waals surface area contributed by atoms with E-state index in [4.69, 9.17) is 4.74 Å². The van der Waals surface area contributed by atoms with Crippen LogP contribution in [0.1, 0.15) is 69.4 Å². The van der Waals surface area contributed by atoms with Gasteiger partial charge in [-0.15, -0.1) is 0 Å². The van der Waals surface area contributed by atoms with Crippen molar-refractivity contribution in [2.75, 3.05) is 32.8 Å². The summed E-state index contributed by atoms with van der Waals surface area (Å²) in [7, 11) is 0. The van der Waals surface area contributed by atoms with Crippen molar-refractivity contribution in [2.45, 2.75) is 70.9 Å². The van der Waals surface area contributed by atoms with Gasteiger partial charge >= 0.3 is 0 Å². The molecular formula is C24H36N2O2. The molecule has 4 rings (SSSR count). The second-order valence-electron chi connectivity index (χ2n) is 9.58. The fourth-order valence-electron chi connectivity index (χ4n) is 5.16. The molecule has 1 unspecified atom stereocenters. The Balaban J connectivity index is 1.30. The third-order valence-corrected chi connectivity index (χ3v) is 7.17. The van der Waals surface area contributed by atoms with Crippen molar-refractivity contribution >= 4 is 5.91 Å². The van der Waals surface area contributed by atoms with E-state index in [-0.39, 0.29) is 6.10 Å². The van der Waals surface area contributed by atoms with Gasteiger partial charge < -0.3 is 9.64 Å². The molecule has 3 fully saturated rings. The van der Waals surface area contributed by atoms with Crippen molar-refractivity contribution in [1.29, 1.82) is 0 Å². The van der Waals surface area contributed by atoms with E-state index >= 15 is 0 Å². The lowest BCUT2D eigenvalue weighted by molar-refractivity contribution is -0.141. The summed E-state index contributed by atoms with van der Waals surface area (Å²) in [6, 6.07) is 9.15. The summed E-state index contributed by atoms with van der Waals surface area (Å²) in [6.07, 6.45) is 6.76. The molecular weight excluding hydrogens is 348 g/mol. The number of benzene rings is 1. The summed E-state index contributed by atoms with van der Waals surface area (Å²) in [5.74, 6) is 0.935. The third-order valence-electron chi connectivity index (χ3n) is 7.17. The van der Waals surface area contributed by atoms with Crippen LogP contribution in [-0.2, 0) is 16.1 Å². The first kappa shape index (κ1) is 19.9. The zero-order chi connectivity index (χ0) is 19.6. The lowest BCUT2D eigenvalue weighted by atomic mass is 9.72. The van der Waals surface area contributed by atoms with Crippen LogP contribution in [0.4, 0.5) is 0 Å². The molecule has 0 saturated carbocycles. The predicted molar refractivity (Wildman–Crippen MR) is 112 cm³/mol. The molecule has 1 atom stereocenters. The summed E-state index contributed by atoms with van der Waals surface area (Å²) in [6.45, 7) is 10.5. The average Bonchev–Trinajstić information content (AvgIpc) is 3.20. The quantitative estimate of drug-likeness (QED) is 0.763. The van der Waals surface area contributed by atoms with E-state index in [0.717, 1.165) is 65.0 Å². The fourth-order valence-corrected chi connectivity index (χ4v) is 5.16. The number of likely N-dealkylation sites (tertiary alicyclic amines) is 2. The number of hydrogen-bond donors (Lipinski definition) is 0. The lowest BCUT2D eigenvalue weighted by Crippen LogP contribution is -2.52. The zero-order valence-corrected chi connectivity index (χ0v) is 17.7. The fraction of sp³-hybridized carbons (Fsp3) is 0.708. The Labute approximate surface area is 170 Å². The van der Waals surface area contributed by atoms with E-state index in [2.05, 4.69) is 47.9 Å². The SMILES string of the molecule is CC(C)c1ccc(CN2CCC3(CCC(=O)N(CC4CCCO4)C3)CC2)cc1. The van der Waals surface area contributed by atoms with Crippen LogP contribution in [0, 0.1) is 5.41 Å². The van der Waals surface area contributed by atoms with Crippen LogP contribution < -0.4 is 0 Å². The Morgan fingerprint density at radius 1 is 1.14 bits per heavy atom. The van der Waals surface area contributed by atoms with E-state index in [1.807, 2.05) is 0 Å². The van der Waals surface area contributed by atoms with Gasteiger partial charge in [0.15, 0.2) is 0 Å². The summed E-state index contributed by atoms with van der Waals surface area (Å²) in [5.41, 5.74) is 3.17. The number of nitrogens with zero attached hydrogens (tertiary/aromatic N) is 2. The number of carbonyl (C=O) groups excluding carboxylic acids is 1. The van der Waals surface area contributed by atoms with Gasteiger partial charge in [-0.3, -0.25) is 9.69 Å². The molecule has 3 heterocycles. The maximum Gasteiger partial charge on any atom is 0.222 e. The molecule has 4 heteroatoms. The molecule has 28 heavy (non-hydrogen) atoms. The Morgan fingerprint density at radius 3 is 2.54 bits per heavy atom. The highest BCUT2D eigenvalue weighted by Crippen LogP contribution is 2.40. The highest BCUT2D eigenvalue weighted by Gasteiger charge is 2.41. The zero-order valence-electron chi connectivity index (χ0n) is 17.7. The van der Waals surface area contributed by atoms with E-state index in [0.29, 0.717) is 17.2 Å². The normalized spacial score (nSPS) is 25.8. The Morgan fingerprint density at radius 2 is 1.89 bits per heavy atom. The first-order valence-electron chi connectivity index (χ1n) is 11.2. The molecule has 0 aliphatic carbocycles. The predicted octanol–water partition coefficient (Wildman–Crippen LogP) is 4.19. The topological polar surface area (TPSA) is 32.8 Å². The summed E-state index contributed by atoms with van der Waals surface area (Å²) in [5, 5.41) is 0. The summed E-state index contributed by atoms with van der Waals surface area (Å²) >= 11 is 0. The molecule has 1 amide bonds. The van der Waals surface area contributed by atoms with Gasteiger partial charge in [0.05, 0.1) is 6.10 Å². The number of ether oxygens (including phenoxy) is 1. The van der Waals surface area contributed by atoms with Crippen molar-refractivity contribution in [3.63, 3.8) is 0 Å². The van der Waals surface area contributed by atoms with Crippen molar-refractivity contribution in [3.8, 4) is 0 Å². The van der Waals surface area contributed by atoms with Gasteiger partial charge in [-0.05, 0) is 67.7 Å². The summed E-state index contributed by atoms with van der Waals surface area (Å²) in [4.78, 5) is 17.2. The van der Waals surface area contributed by atoms with Gasteiger partial charge in [0.1, 0.15) is 0 Å². The van der Waals surface area contributed by atoms with Gasteiger partial charge in [-0.2, -0.15) is 0 Å². The number of carbonyl (C=O) groups is 1. The molecule has 0 aromatic heterocycles. The standard InChI is InChI=1S/C24H36N2O2/c1-19(2)21-7-5-20(6-8-21)16-25-13-11-24(12-14-25)10-9-23(27)26(18-24)17-22-4-3-15-28-22/h5-8,19,22H,3-4,9-18H2,1-2H3. The number of piperidine rings is 2. The lowest BCUT2D eigenvalue weighted by Gasteiger charge is -2.48. The van der Waals surface area contributed by atoms with Crippen molar-refractivity contribution < 1.29 is 9.53 Å². The Bertz CT molecular complexity index is 656. The van der Waals surface area contributed by atoms with Crippen LogP contribution in [0.5, 0.6) is 0 Å². The van der Waals surface area contributed by atoms with Crippen LogP contribution in [0.3, 0.4) is 0 Å². The van der Waals surface area contributed by atoms with Crippen LogP contribution in [-0.4, -0.2) is 54.6 Å². The number of hydrogen-bond acceptors (Lipinski definition) is 3. The molecule has 0 bridgehead atoms. The highest BCUT2D eigenvalue weighted by atomic mass is 16.5. The number of rotatable bonds is 5. The van der Waals surface area contributed by atoms with Gasteiger partial charge in [0.25, 0.3) is 0 Å². The number of amides is 1. The molecule has 3 saturated heterocycles. The van der Waals surface area contributed by atoms with E-state index in [1.54, 1.807) is 0 Å². The van der Waals surface area contributed by atoms with Crippen molar-refractivity contribution in [1.82, 2.24) is 9.80 Å². The molecule has 4 nitrogen and oxygen atoms in total. The van der Waals surface area contributed by atoms with Gasteiger partial charge in [-0.25, -0.2) is 0 Å². The van der Waals surface area contributed by atoms with Gasteiger partial charge in [0, 0.05) is 32.7 Å². The Hall–Kier alpha value is -1.39. The van der Waals surface area contributed by atoms with Crippen molar-refractivity contribution in [3.05, 3.63) is 35.4 Å². The van der Waals surface area contributed by atoms with Crippen molar-refractivity contribution in [2.24, 2.45) is 5.41 Å². The maximum atomic E-state index is 12.4. The first-order chi connectivity index (χ1) is 13.5. The minimum absolute atomic E-state index is 0.271. The van der Waals surface area contributed by atoms with E-state index < -0.39 is 0 Å². The third kappa shape index (κ3) is 4.60. The molecule has 3 aliphatic rings. The van der Waals surface area contributed by atoms with Crippen LogP contribution in [0.25, 0.3) is 0 Å². The van der Waals surface area contributed by atoms with E-state index in [1.165, 1.54) is 24.0 Å². The minimum atomic E-state index is 0.271. The molecule has 0 N–H and O–H groups in total. The molecule has 1 aromatic carbocycles. The second kappa shape index (κ2) is 8.54. The monoisotopic (exact) mass is 384 g/mol. The first-order valence-corrected chi connectivity index (χ1v) is 11.2. The minimum Gasteiger partial charge on any atom is -0.376 e. The largest absolute Gasteiger partial charge is 0.376 e. The van der Waals surface area contributed by atoms with Crippen LogP contribution >= 0.6 is 0 Å². The smallest absolute Gasteiger partial charge is 0.222 e. The van der Waals surface area contributed by atoms with E-state index in [9.17, 15) is 4.79 Å². The molecule has 3 aliphatic heterocycles. The summed E-state index contributed by atoms with van der Waals surface area (Å²) < 4.78 is 5.78. The van der Waals surface area contributed by atoms with Gasteiger partial charge in [0.2, 0.25) is 5.91 Å². The molecule has 154 valence electrons. The molecule has 1 spiro atoms.